The van der Waals surface area contributed by atoms with Gasteiger partial charge in [0.1, 0.15) is 11.8 Å². The molecular formula is C9H11N5O. The van der Waals surface area contributed by atoms with E-state index in [9.17, 15) is 0 Å². The van der Waals surface area contributed by atoms with Crippen LogP contribution in [0.3, 0.4) is 0 Å². The van der Waals surface area contributed by atoms with Crippen molar-refractivity contribution in [2.75, 3.05) is 11.9 Å². The van der Waals surface area contributed by atoms with Gasteiger partial charge in [-0.05, 0) is 13.0 Å². The van der Waals surface area contributed by atoms with E-state index in [-0.39, 0.29) is 5.76 Å². The van der Waals surface area contributed by atoms with E-state index in [0.29, 0.717) is 18.0 Å². The molecule has 15 heavy (non-hydrogen) atoms. The molecule has 2 heterocycles. The number of aromatic amines is 1. The van der Waals surface area contributed by atoms with E-state index in [1.807, 2.05) is 0 Å². The molecule has 2 aromatic heterocycles. The highest BCUT2D eigenvalue weighted by Crippen LogP contribution is 2.13. The molecule has 0 fully saturated rings. The molecule has 0 saturated carbocycles. The van der Waals surface area contributed by atoms with Gasteiger partial charge in [-0.15, -0.1) is 0 Å². The Kier molecular flexibility index (Phi) is 2.49. The van der Waals surface area contributed by atoms with E-state index in [1.165, 1.54) is 6.33 Å². The Hall–Kier alpha value is -2.11. The Bertz CT molecular complexity index is 486. The van der Waals surface area contributed by atoms with Gasteiger partial charge in [0.05, 0.1) is 12.1 Å². The first-order valence-corrected chi connectivity index (χ1v) is 4.51. The van der Waals surface area contributed by atoms with Crippen LogP contribution < -0.4 is 5.32 Å². The van der Waals surface area contributed by atoms with Crippen LogP contribution in [0.15, 0.2) is 24.5 Å². The molecule has 78 valence electrons. The predicted molar refractivity (Wildman–Crippen MR) is 56.6 cm³/mol. The number of hydrogen-bond acceptors (Lipinski definition) is 5. The smallest absolute Gasteiger partial charge is 0.182 e. The molecule has 0 aliphatic rings. The highest BCUT2D eigenvalue weighted by molar-refractivity contribution is 5.81. The standard InChI is InChI=1S/C9H11N5O/c1-6(15)2-3-10-8-7-9(12-4-11-7)14-5-13-8/h2,4-5,15H,3H2,1H3,(H2,10,11,12,13,14)/b6-2-. The van der Waals surface area contributed by atoms with Crippen LogP contribution in [0, 0.1) is 0 Å². The van der Waals surface area contributed by atoms with E-state index in [0.717, 1.165) is 5.52 Å². The van der Waals surface area contributed by atoms with E-state index < -0.39 is 0 Å². The zero-order valence-electron chi connectivity index (χ0n) is 8.23. The van der Waals surface area contributed by atoms with Gasteiger partial charge in [0.2, 0.25) is 0 Å². The Morgan fingerprint density at radius 3 is 3.20 bits per heavy atom. The third-order valence-corrected chi connectivity index (χ3v) is 1.89. The Morgan fingerprint density at radius 1 is 1.53 bits per heavy atom. The fourth-order valence-electron chi connectivity index (χ4n) is 1.19. The zero-order valence-corrected chi connectivity index (χ0v) is 8.23. The summed E-state index contributed by atoms with van der Waals surface area (Å²) in [5.74, 6) is 0.951. The number of anilines is 1. The second-order valence-corrected chi connectivity index (χ2v) is 3.05. The van der Waals surface area contributed by atoms with Crippen LogP contribution >= 0.6 is 0 Å². The van der Waals surface area contributed by atoms with Gasteiger partial charge in [0, 0.05) is 6.54 Å². The number of fused-ring (bicyclic) bond motifs is 1. The lowest BCUT2D eigenvalue weighted by Crippen LogP contribution is -2.02. The molecule has 2 rings (SSSR count). The van der Waals surface area contributed by atoms with E-state index in [2.05, 4.69) is 25.3 Å². The molecule has 0 aromatic carbocycles. The summed E-state index contributed by atoms with van der Waals surface area (Å²) in [6, 6.07) is 0. The third-order valence-electron chi connectivity index (χ3n) is 1.89. The van der Waals surface area contributed by atoms with Gasteiger partial charge in [-0.3, -0.25) is 0 Å². The number of aliphatic hydroxyl groups excluding tert-OH is 1. The van der Waals surface area contributed by atoms with Gasteiger partial charge in [-0.25, -0.2) is 15.0 Å². The van der Waals surface area contributed by atoms with Gasteiger partial charge in [-0.1, -0.05) is 0 Å². The van der Waals surface area contributed by atoms with Crippen LogP contribution in [0.2, 0.25) is 0 Å². The summed E-state index contributed by atoms with van der Waals surface area (Å²) < 4.78 is 0. The van der Waals surface area contributed by atoms with Crippen molar-refractivity contribution in [1.82, 2.24) is 19.9 Å². The lowest BCUT2D eigenvalue weighted by atomic mass is 10.4. The first-order chi connectivity index (χ1) is 7.27. The zero-order chi connectivity index (χ0) is 10.7. The summed E-state index contributed by atoms with van der Waals surface area (Å²) in [6.45, 7) is 2.13. The number of nitrogens with zero attached hydrogens (tertiary/aromatic N) is 3. The van der Waals surface area contributed by atoms with Crippen LogP contribution in [-0.4, -0.2) is 31.6 Å². The quantitative estimate of drug-likeness (QED) is 0.656. The van der Waals surface area contributed by atoms with Gasteiger partial charge in [0.15, 0.2) is 11.5 Å². The molecule has 0 radical (unpaired) electrons. The van der Waals surface area contributed by atoms with Crippen molar-refractivity contribution < 1.29 is 5.11 Å². The first-order valence-electron chi connectivity index (χ1n) is 4.51. The minimum absolute atomic E-state index is 0.275. The normalized spacial score (nSPS) is 11.9. The second-order valence-electron chi connectivity index (χ2n) is 3.05. The number of aliphatic hydroxyl groups is 1. The van der Waals surface area contributed by atoms with Crippen LogP contribution in [0.4, 0.5) is 5.82 Å². The Labute approximate surface area is 86.1 Å². The maximum atomic E-state index is 8.97. The molecule has 0 aliphatic carbocycles. The molecule has 2 aromatic rings. The van der Waals surface area contributed by atoms with E-state index in [4.69, 9.17) is 5.11 Å². The van der Waals surface area contributed by atoms with Crippen molar-refractivity contribution in [2.24, 2.45) is 0 Å². The molecule has 6 nitrogen and oxygen atoms in total. The van der Waals surface area contributed by atoms with Gasteiger partial charge in [0.25, 0.3) is 0 Å². The molecule has 0 aliphatic heterocycles. The third kappa shape index (κ3) is 2.04. The minimum Gasteiger partial charge on any atom is -0.513 e. The molecule has 0 amide bonds. The van der Waals surface area contributed by atoms with Crippen LogP contribution in [0.25, 0.3) is 11.2 Å². The number of nitrogens with one attached hydrogen (secondary N) is 2. The summed E-state index contributed by atoms with van der Waals surface area (Å²) in [5, 5.41) is 12.0. The van der Waals surface area contributed by atoms with Crippen molar-refractivity contribution >= 4 is 17.0 Å². The van der Waals surface area contributed by atoms with Gasteiger partial charge < -0.3 is 15.4 Å². The molecular weight excluding hydrogens is 194 g/mol. The average Bonchev–Trinajstić information content (AvgIpc) is 2.65. The highest BCUT2D eigenvalue weighted by atomic mass is 16.3. The van der Waals surface area contributed by atoms with E-state index in [1.54, 1.807) is 19.3 Å². The lowest BCUT2D eigenvalue weighted by Gasteiger charge is -2.02. The largest absolute Gasteiger partial charge is 0.513 e. The molecule has 0 atom stereocenters. The molecule has 0 unspecified atom stereocenters. The predicted octanol–water partition coefficient (Wildman–Crippen LogP) is 1.23. The highest BCUT2D eigenvalue weighted by Gasteiger charge is 2.03. The van der Waals surface area contributed by atoms with Crippen molar-refractivity contribution in [1.29, 1.82) is 0 Å². The van der Waals surface area contributed by atoms with Crippen molar-refractivity contribution in [3.63, 3.8) is 0 Å². The Balaban J connectivity index is 2.20. The van der Waals surface area contributed by atoms with Crippen LogP contribution in [0.1, 0.15) is 6.92 Å². The number of H-pyrrole nitrogens is 1. The van der Waals surface area contributed by atoms with Crippen LogP contribution in [-0.2, 0) is 0 Å². The first kappa shape index (κ1) is 9.45. The summed E-state index contributed by atoms with van der Waals surface area (Å²) in [5.41, 5.74) is 1.39. The number of allylic oxidation sites excluding steroid dienone is 1. The fourth-order valence-corrected chi connectivity index (χ4v) is 1.19. The summed E-state index contributed by atoms with van der Waals surface area (Å²) >= 11 is 0. The van der Waals surface area contributed by atoms with Crippen molar-refractivity contribution in [3.8, 4) is 0 Å². The molecule has 0 spiro atoms. The number of rotatable bonds is 3. The fraction of sp³-hybridized carbons (Fsp3) is 0.222. The van der Waals surface area contributed by atoms with Gasteiger partial charge >= 0.3 is 0 Å². The molecule has 3 N–H and O–H groups in total. The minimum atomic E-state index is 0.275. The average molecular weight is 205 g/mol. The summed E-state index contributed by atoms with van der Waals surface area (Å²) in [6.07, 6.45) is 4.67. The number of aromatic nitrogens is 4. The maximum Gasteiger partial charge on any atom is 0.182 e. The SMILES string of the molecule is C/C(O)=C/CNc1ncnc2nc[nH]c12. The van der Waals surface area contributed by atoms with Crippen molar-refractivity contribution in [2.45, 2.75) is 6.92 Å². The van der Waals surface area contributed by atoms with Gasteiger partial charge in [-0.2, -0.15) is 0 Å². The second kappa shape index (κ2) is 3.95. The molecule has 0 saturated heterocycles. The molecule has 0 bridgehead atoms. The van der Waals surface area contributed by atoms with E-state index >= 15 is 0 Å². The number of imidazole rings is 1. The lowest BCUT2D eigenvalue weighted by molar-refractivity contribution is 0.413. The van der Waals surface area contributed by atoms with Crippen LogP contribution in [0.5, 0.6) is 0 Å². The van der Waals surface area contributed by atoms with Crippen molar-refractivity contribution in [3.05, 3.63) is 24.5 Å². The topological polar surface area (TPSA) is 86.7 Å². The monoisotopic (exact) mass is 205 g/mol. The Morgan fingerprint density at radius 2 is 2.40 bits per heavy atom. The summed E-state index contributed by atoms with van der Waals surface area (Å²) in [7, 11) is 0. The number of hydrogen-bond donors (Lipinski definition) is 3. The summed E-state index contributed by atoms with van der Waals surface area (Å²) in [4.78, 5) is 15.0. The maximum absolute atomic E-state index is 8.97. The molecule has 6 heteroatoms.